The van der Waals surface area contributed by atoms with E-state index < -0.39 is 0 Å². The van der Waals surface area contributed by atoms with Crippen molar-refractivity contribution in [2.45, 2.75) is 6.92 Å². The first-order valence-electron chi connectivity index (χ1n) is 3.98. The second-order valence-corrected chi connectivity index (χ2v) is 2.49. The zero-order valence-corrected chi connectivity index (χ0v) is 7.20. The van der Waals surface area contributed by atoms with E-state index in [-0.39, 0.29) is 0 Å². The predicted octanol–water partition coefficient (Wildman–Crippen LogP) is 2.65. The van der Waals surface area contributed by atoms with Crippen LogP contribution in [0.25, 0.3) is 12.2 Å². The molecule has 0 aliphatic rings. The summed E-state index contributed by atoms with van der Waals surface area (Å²) in [7, 11) is 0. The van der Waals surface area contributed by atoms with Crippen LogP contribution in [-0.4, -0.2) is 0 Å². The van der Waals surface area contributed by atoms with Crippen molar-refractivity contribution in [1.29, 1.82) is 0 Å². The fourth-order valence-electron chi connectivity index (χ4n) is 1.10. The molecule has 0 aromatic heterocycles. The highest BCUT2D eigenvalue weighted by atomic mass is 14.5. The lowest BCUT2D eigenvalue weighted by molar-refractivity contribution is 1.57. The van der Waals surface area contributed by atoms with Crippen LogP contribution in [0, 0.1) is 0 Å². The summed E-state index contributed by atoms with van der Waals surface area (Å²) in [6, 6.07) is 8.12. The summed E-state index contributed by atoms with van der Waals surface area (Å²) >= 11 is 0. The molecule has 1 heteroatoms. The Morgan fingerprint density at radius 3 is 2.17 bits per heavy atom. The third-order valence-corrected chi connectivity index (χ3v) is 1.62. The summed E-state index contributed by atoms with van der Waals surface area (Å²) in [5, 5.41) is 0. The highest BCUT2D eigenvalue weighted by Crippen LogP contribution is 2.11. The lowest BCUT2D eigenvalue weighted by Gasteiger charge is -1.98. The summed E-state index contributed by atoms with van der Waals surface area (Å²) in [5.74, 6) is 0. The number of rotatable bonds is 2. The van der Waals surface area contributed by atoms with Gasteiger partial charge in [-0.3, -0.25) is 0 Å². The van der Waals surface area contributed by atoms with Crippen molar-refractivity contribution < 1.29 is 0 Å². The van der Waals surface area contributed by atoms with Gasteiger partial charge in [-0.15, -0.1) is 0 Å². The van der Waals surface area contributed by atoms with Crippen LogP contribution in [0.2, 0.25) is 0 Å². The molecule has 1 rings (SSSR count). The fourth-order valence-corrected chi connectivity index (χ4v) is 1.10. The van der Waals surface area contributed by atoms with Gasteiger partial charge in [0.05, 0.1) is 0 Å². The van der Waals surface area contributed by atoms with Crippen LogP contribution in [0.15, 0.2) is 36.5 Å². The molecule has 0 amide bonds. The minimum atomic E-state index is 1.15. The Balaban J connectivity index is 3.08. The van der Waals surface area contributed by atoms with Gasteiger partial charge in [-0.2, -0.15) is 0 Å². The average Bonchev–Trinajstić information content (AvgIpc) is 2.09. The van der Waals surface area contributed by atoms with Crippen LogP contribution in [0.1, 0.15) is 18.1 Å². The Labute approximate surface area is 73.2 Å². The maximum atomic E-state index is 5.32. The molecule has 0 aliphatic heterocycles. The molecular formula is C11H13N. The molecule has 0 saturated heterocycles. The molecule has 2 N–H and O–H groups in total. The molecule has 0 spiro atoms. The highest BCUT2D eigenvalue weighted by Gasteiger charge is 1.91. The fraction of sp³-hybridized carbons (Fsp3) is 0.0909. The number of hydrogen-bond donors (Lipinski definition) is 1. The molecule has 0 saturated carbocycles. The van der Waals surface area contributed by atoms with Crippen molar-refractivity contribution >= 4 is 12.2 Å². The minimum Gasteiger partial charge on any atom is -0.405 e. The zero-order valence-electron chi connectivity index (χ0n) is 7.20. The molecule has 1 nitrogen and oxygen atoms in total. The van der Waals surface area contributed by atoms with E-state index in [2.05, 4.69) is 12.1 Å². The quantitative estimate of drug-likeness (QED) is 0.705. The number of benzene rings is 1. The third kappa shape index (κ3) is 1.99. The SMILES string of the molecule is C/C=C/c1ccccc1/C=C\N. The van der Waals surface area contributed by atoms with E-state index in [0.29, 0.717) is 0 Å². The number of allylic oxidation sites excluding steroid dienone is 1. The lowest BCUT2D eigenvalue weighted by Crippen LogP contribution is -1.81. The Morgan fingerprint density at radius 1 is 1.08 bits per heavy atom. The largest absolute Gasteiger partial charge is 0.405 e. The monoisotopic (exact) mass is 159 g/mol. The highest BCUT2D eigenvalue weighted by molar-refractivity contribution is 5.64. The Bertz CT molecular complexity index is 267. The Hall–Kier alpha value is -1.50. The van der Waals surface area contributed by atoms with Gasteiger partial charge in [-0.05, 0) is 30.3 Å². The summed E-state index contributed by atoms with van der Waals surface area (Å²) in [6.07, 6.45) is 7.54. The van der Waals surface area contributed by atoms with E-state index in [1.807, 2.05) is 37.3 Å². The van der Waals surface area contributed by atoms with E-state index in [1.54, 1.807) is 6.20 Å². The molecule has 0 heterocycles. The molecule has 0 aliphatic carbocycles. The van der Waals surface area contributed by atoms with Crippen molar-refractivity contribution in [3.8, 4) is 0 Å². The van der Waals surface area contributed by atoms with Crippen molar-refractivity contribution in [3.63, 3.8) is 0 Å². The maximum Gasteiger partial charge on any atom is -0.00561 e. The first kappa shape index (κ1) is 8.60. The van der Waals surface area contributed by atoms with Gasteiger partial charge in [0.25, 0.3) is 0 Å². The minimum absolute atomic E-state index is 1.15. The van der Waals surface area contributed by atoms with E-state index >= 15 is 0 Å². The second kappa shape index (κ2) is 4.39. The Kier molecular flexibility index (Phi) is 3.15. The molecule has 62 valence electrons. The summed E-state index contributed by atoms with van der Waals surface area (Å²) in [6.45, 7) is 2.00. The van der Waals surface area contributed by atoms with Crippen LogP contribution in [0.3, 0.4) is 0 Å². The molecule has 0 radical (unpaired) electrons. The summed E-state index contributed by atoms with van der Waals surface area (Å²) in [5.41, 5.74) is 7.67. The standard InChI is InChI=1S/C11H13N/c1-2-5-10-6-3-4-7-11(10)8-9-12/h2-9H,12H2,1H3/b5-2+,9-8-. The normalized spacial score (nSPS) is 11.4. The second-order valence-electron chi connectivity index (χ2n) is 2.49. The summed E-state index contributed by atoms with van der Waals surface area (Å²) < 4.78 is 0. The molecule has 0 atom stereocenters. The molecule has 1 aromatic carbocycles. The van der Waals surface area contributed by atoms with Gasteiger partial charge in [0.15, 0.2) is 0 Å². The lowest BCUT2D eigenvalue weighted by atomic mass is 10.1. The van der Waals surface area contributed by atoms with Crippen LogP contribution in [-0.2, 0) is 0 Å². The van der Waals surface area contributed by atoms with Gasteiger partial charge in [-0.1, -0.05) is 36.4 Å². The van der Waals surface area contributed by atoms with E-state index in [0.717, 1.165) is 5.56 Å². The molecule has 0 fully saturated rings. The van der Waals surface area contributed by atoms with Gasteiger partial charge in [0.2, 0.25) is 0 Å². The van der Waals surface area contributed by atoms with Gasteiger partial charge < -0.3 is 5.73 Å². The van der Waals surface area contributed by atoms with E-state index in [1.165, 1.54) is 5.56 Å². The average molecular weight is 159 g/mol. The van der Waals surface area contributed by atoms with Gasteiger partial charge in [0, 0.05) is 0 Å². The predicted molar refractivity (Wildman–Crippen MR) is 54.4 cm³/mol. The van der Waals surface area contributed by atoms with E-state index in [9.17, 15) is 0 Å². The van der Waals surface area contributed by atoms with Crippen molar-refractivity contribution in [3.05, 3.63) is 47.7 Å². The topological polar surface area (TPSA) is 26.0 Å². The number of hydrogen-bond acceptors (Lipinski definition) is 1. The van der Waals surface area contributed by atoms with Gasteiger partial charge in [-0.25, -0.2) is 0 Å². The van der Waals surface area contributed by atoms with Gasteiger partial charge >= 0.3 is 0 Å². The summed E-state index contributed by atoms with van der Waals surface area (Å²) in [4.78, 5) is 0. The maximum absolute atomic E-state index is 5.32. The van der Waals surface area contributed by atoms with Crippen molar-refractivity contribution in [1.82, 2.24) is 0 Å². The van der Waals surface area contributed by atoms with Crippen molar-refractivity contribution in [2.24, 2.45) is 5.73 Å². The Morgan fingerprint density at radius 2 is 1.67 bits per heavy atom. The third-order valence-electron chi connectivity index (χ3n) is 1.62. The van der Waals surface area contributed by atoms with Crippen molar-refractivity contribution in [2.75, 3.05) is 0 Å². The molecule has 12 heavy (non-hydrogen) atoms. The first-order chi connectivity index (χ1) is 5.88. The molecule has 0 bridgehead atoms. The van der Waals surface area contributed by atoms with Crippen LogP contribution in [0.5, 0.6) is 0 Å². The number of nitrogens with two attached hydrogens (primary N) is 1. The van der Waals surface area contributed by atoms with Crippen LogP contribution < -0.4 is 5.73 Å². The first-order valence-corrected chi connectivity index (χ1v) is 3.98. The zero-order chi connectivity index (χ0) is 8.81. The molecule has 1 aromatic rings. The van der Waals surface area contributed by atoms with Crippen LogP contribution in [0.4, 0.5) is 0 Å². The van der Waals surface area contributed by atoms with Gasteiger partial charge in [0.1, 0.15) is 0 Å². The molecular weight excluding hydrogens is 146 g/mol. The van der Waals surface area contributed by atoms with E-state index in [4.69, 9.17) is 5.73 Å². The molecule has 0 unspecified atom stereocenters. The van der Waals surface area contributed by atoms with Crippen LogP contribution >= 0.6 is 0 Å². The smallest absolute Gasteiger partial charge is 0.00561 e.